The number of nitrogens with zero attached hydrogens (tertiary/aromatic N) is 2. The number of para-hydroxylation sites is 1. The zero-order valence-corrected chi connectivity index (χ0v) is 15.2. The number of ether oxygens (including phenoxy) is 1. The quantitative estimate of drug-likeness (QED) is 0.845. The number of carbonyl (C=O) groups excluding carboxylic acids is 1. The van der Waals surface area contributed by atoms with Gasteiger partial charge in [-0.2, -0.15) is 0 Å². The molecule has 1 saturated heterocycles. The third-order valence-corrected chi connectivity index (χ3v) is 4.76. The zero-order valence-electron chi connectivity index (χ0n) is 15.2. The van der Waals surface area contributed by atoms with Crippen molar-refractivity contribution < 1.29 is 19.4 Å². The standard InChI is InChI=1S/C20H23N3O4/c1-27-17-10-3-2-8-15(17)18(16-9-4-5-11-21-16)22-20(26)23-12-6-7-14(13-23)19(24)25/h2-5,8-11,14,18H,6-7,12-13H2,1H3,(H,22,26)(H,24,25). The Morgan fingerprint density at radius 2 is 2.04 bits per heavy atom. The number of hydrogen-bond donors (Lipinski definition) is 2. The fourth-order valence-corrected chi connectivity index (χ4v) is 3.34. The molecule has 2 heterocycles. The molecular formula is C20H23N3O4. The second-order valence-electron chi connectivity index (χ2n) is 6.50. The van der Waals surface area contributed by atoms with E-state index in [2.05, 4.69) is 10.3 Å². The van der Waals surface area contributed by atoms with Crippen LogP contribution in [0.2, 0.25) is 0 Å². The number of likely N-dealkylation sites (tertiary alicyclic amines) is 1. The zero-order chi connectivity index (χ0) is 19.2. The SMILES string of the molecule is COc1ccccc1C(NC(=O)N1CCCC(C(=O)O)C1)c1ccccn1. The van der Waals surface area contributed by atoms with E-state index in [1.165, 1.54) is 0 Å². The van der Waals surface area contributed by atoms with E-state index in [0.717, 1.165) is 5.56 Å². The number of methoxy groups -OCH3 is 1. The Morgan fingerprint density at radius 1 is 1.26 bits per heavy atom. The van der Waals surface area contributed by atoms with E-state index in [4.69, 9.17) is 4.74 Å². The van der Waals surface area contributed by atoms with Gasteiger partial charge in [0.25, 0.3) is 0 Å². The van der Waals surface area contributed by atoms with Gasteiger partial charge in [0.15, 0.2) is 0 Å². The second kappa shape index (κ2) is 8.53. The van der Waals surface area contributed by atoms with Gasteiger partial charge >= 0.3 is 12.0 Å². The van der Waals surface area contributed by atoms with Crippen molar-refractivity contribution in [1.29, 1.82) is 0 Å². The van der Waals surface area contributed by atoms with Crippen molar-refractivity contribution in [2.45, 2.75) is 18.9 Å². The maximum Gasteiger partial charge on any atom is 0.318 e. The summed E-state index contributed by atoms with van der Waals surface area (Å²) in [7, 11) is 1.58. The van der Waals surface area contributed by atoms with E-state index < -0.39 is 17.9 Å². The number of amides is 2. The highest BCUT2D eigenvalue weighted by molar-refractivity contribution is 5.77. The van der Waals surface area contributed by atoms with Gasteiger partial charge < -0.3 is 20.1 Å². The summed E-state index contributed by atoms with van der Waals surface area (Å²) in [5, 5.41) is 12.3. The molecule has 0 radical (unpaired) electrons. The topological polar surface area (TPSA) is 91.8 Å². The largest absolute Gasteiger partial charge is 0.496 e. The molecule has 1 aromatic carbocycles. The van der Waals surface area contributed by atoms with E-state index in [0.29, 0.717) is 30.8 Å². The normalized spacial score (nSPS) is 17.8. The molecule has 2 atom stereocenters. The van der Waals surface area contributed by atoms with E-state index in [-0.39, 0.29) is 12.6 Å². The number of carbonyl (C=O) groups is 2. The number of urea groups is 1. The van der Waals surface area contributed by atoms with Gasteiger partial charge in [-0.15, -0.1) is 0 Å². The first-order valence-electron chi connectivity index (χ1n) is 8.92. The van der Waals surface area contributed by atoms with Crippen molar-refractivity contribution in [3.05, 3.63) is 59.9 Å². The van der Waals surface area contributed by atoms with Crippen LogP contribution in [0.5, 0.6) is 5.75 Å². The summed E-state index contributed by atoms with van der Waals surface area (Å²) in [6.45, 7) is 0.749. The molecule has 142 valence electrons. The van der Waals surface area contributed by atoms with Crippen LogP contribution in [0.1, 0.15) is 30.1 Å². The van der Waals surface area contributed by atoms with Crippen molar-refractivity contribution >= 4 is 12.0 Å². The molecule has 0 spiro atoms. The molecule has 7 heteroatoms. The summed E-state index contributed by atoms with van der Waals surface area (Å²) in [5.41, 5.74) is 1.47. The minimum absolute atomic E-state index is 0.210. The molecule has 7 nitrogen and oxygen atoms in total. The number of carboxylic acids is 1. The fraction of sp³-hybridized carbons (Fsp3) is 0.350. The first-order valence-corrected chi connectivity index (χ1v) is 8.92. The van der Waals surface area contributed by atoms with Crippen molar-refractivity contribution in [3.63, 3.8) is 0 Å². The van der Waals surface area contributed by atoms with Crippen molar-refractivity contribution in [2.24, 2.45) is 5.92 Å². The third kappa shape index (κ3) is 4.36. The molecule has 2 amide bonds. The van der Waals surface area contributed by atoms with Gasteiger partial charge in [-0.25, -0.2) is 4.79 Å². The Morgan fingerprint density at radius 3 is 2.74 bits per heavy atom. The van der Waals surface area contributed by atoms with Gasteiger partial charge in [0.05, 0.1) is 18.7 Å². The Hall–Kier alpha value is -3.09. The van der Waals surface area contributed by atoms with E-state index in [1.54, 1.807) is 18.2 Å². The lowest BCUT2D eigenvalue weighted by Crippen LogP contribution is -2.48. The molecule has 2 aromatic rings. The first kappa shape index (κ1) is 18.7. The van der Waals surface area contributed by atoms with E-state index >= 15 is 0 Å². The number of pyridine rings is 1. The average molecular weight is 369 g/mol. The summed E-state index contributed by atoms with van der Waals surface area (Å²) in [6, 6.07) is 12.2. The fourth-order valence-electron chi connectivity index (χ4n) is 3.34. The number of aliphatic carboxylic acids is 1. The van der Waals surface area contributed by atoms with Gasteiger partial charge in [0, 0.05) is 24.8 Å². The lowest BCUT2D eigenvalue weighted by atomic mass is 9.98. The minimum atomic E-state index is -0.862. The highest BCUT2D eigenvalue weighted by Crippen LogP contribution is 2.29. The maximum absolute atomic E-state index is 12.9. The lowest BCUT2D eigenvalue weighted by molar-refractivity contribution is -0.143. The smallest absolute Gasteiger partial charge is 0.318 e. The molecule has 2 N–H and O–H groups in total. The summed E-state index contributed by atoms with van der Waals surface area (Å²) < 4.78 is 5.45. The number of nitrogens with one attached hydrogen (secondary N) is 1. The van der Waals surface area contributed by atoms with Crippen LogP contribution >= 0.6 is 0 Å². The minimum Gasteiger partial charge on any atom is -0.496 e. The molecule has 1 aliphatic rings. The Bertz CT molecular complexity index is 797. The van der Waals surface area contributed by atoms with Crippen LogP contribution in [0.25, 0.3) is 0 Å². The molecule has 1 aromatic heterocycles. The van der Waals surface area contributed by atoms with Gasteiger partial charge in [-0.3, -0.25) is 9.78 Å². The van der Waals surface area contributed by atoms with Crippen molar-refractivity contribution in [2.75, 3.05) is 20.2 Å². The monoisotopic (exact) mass is 369 g/mol. The Balaban J connectivity index is 1.86. The summed E-state index contributed by atoms with van der Waals surface area (Å²) in [5.74, 6) is -0.738. The number of carboxylic acid groups (broad SMARTS) is 1. The average Bonchev–Trinajstić information content (AvgIpc) is 2.72. The highest BCUT2D eigenvalue weighted by Gasteiger charge is 2.30. The number of rotatable bonds is 5. The maximum atomic E-state index is 12.9. The molecule has 3 rings (SSSR count). The van der Waals surface area contributed by atoms with Crippen LogP contribution in [0, 0.1) is 5.92 Å². The van der Waals surface area contributed by atoms with Crippen LogP contribution in [0.15, 0.2) is 48.7 Å². The van der Waals surface area contributed by atoms with E-state index in [1.807, 2.05) is 42.5 Å². The third-order valence-electron chi connectivity index (χ3n) is 4.76. The Labute approximate surface area is 158 Å². The van der Waals surface area contributed by atoms with Crippen LogP contribution in [0.4, 0.5) is 4.79 Å². The molecule has 0 aliphatic carbocycles. The summed E-state index contributed by atoms with van der Waals surface area (Å²) in [4.78, 5) is 30.1. The number of hydrogen-bond acceptors (Lipinski definition) is 4. The molecule has 2 unspecified atom stereocenters. The molecule has 27 heavy (non-hydrogen) atoms. The van der Waals surface area contributed by atoms with Gasteiger partial charge in [0.2, 0.25) is 0 Å². The van der Waals surface area contributed by atoms with Gasteiger partial charge in [0.1, 0.15) is 11.8 Å². The number of piperidine rings is 1. The molecule has 0 bridgehead atoms. The lowest BCUT2D eigenvalue weighted by Gasteiger charge is -2.32. The first-order chi connectivity index (χ1) is 13.1. The van der Waals surface area contributed by atoms with Crippen molar-refractivity contribution in [1.82, 2.24) is 15.2 Å². The van der Waals surface area contributed by atoms with Gasteiger partial charge in [-0.05, 0) is 31.0 Å². The van der Waals surface area contributed by atoms with E-state index in [9.17, 15) is 14.7 Å². The Kier molecular flexibility index (Phi) is 5.90. The van der Waals surface area contributed by atoms with Crippen LogP contribution < -0.4 is 10.1 Å². The number of benzene rings is 1. The predicted molar refractivity (Wildman–Crippen MR) is 99.5 cm³/mol. The molecule has 1 fully saturated rings. The molecule has 0 saturated carbocycles. The molecular weight excluding hydrogens is 346 g/mol. The number of aromatic nitrogens is 1. The summed E-state index contributed by atoms with van der Waals surface area (Å²) >= 11 is 0. The van der Waals surface area contributed by atoms with Gasteiger partial charge in [-0.1, -0.05) is 24.3 Å². The van der Waals surface area contributed by atoms with Crippen LogP contribution in [0.3, 0.4) is 0 Å². The predicted octanol–water partition coefficient (Wildman–Crippen LogP) is 2.69. The second-order valence-corrected chi connectivity index (χ2v) is 6.50. The van der Waals surface area contributed by atoms with Crippen LogP contribution in [-0.2, 0) is 4.79 Å². The summed E-state index contributed by atoms with van der Waals surface area (Å²) in [6.07, 6.45) is 2.94. The van der Waals surface area contributed by atoms with Crippen molar-refractivity contribution in [3.8, 4) is 5.75 Å². The molecule has 1 aliphatic heterocycles. The highest BCUT2D eigenvalue weighted by atomic mass is 16.5. The van der Waals surface area contributed by atoms with Crippen LogP contribution in [-0.4, -0.2) is 47.2 Å².